The van der Waals surface area contributed by atoms with E-state index in [9.17, 15) is 39.2 Å². The third kappa shape index (κ3) is 3.64. The smallest absolute Gasteiger partial charge is 0.282 e. The largest absolute Gasteiger partial charge is 0.459 e. The molecule has 3 nitrogen and oxygen atoms in total. The molecule has 0 atom stereocenters. The minimum atomic E-state index is -6.43. The maximum atomic E-state index is 13.1. The van der Waals surface area contributed by atoms with E-state index in [-0.39, 0.29) is 0 Å². The van der Waals surface area contributed by atoms with Crippen LogP contribution < -0.4 is 0 Å². The van der Waals surface area contributed by atoms with Crippen molar-refractivity contribution in [2.45, 2.75) is 29.3 Å². The lowest BCUT2D eigenvalue weighted by atomic mass is 10.0. The number of hydrogen-bond donors (Lipinski definition) is 1. The Kier molecular flexibility index (Phi) is 4.32. The van der Waals surface area contributed by atoms with Gasteiger partial charge < -0.3 is 0 Å². The number of hydrogen-bond acceptors (Lipinski definition) is 2. The van der Waals surface area contributed by atoms with Gasteiger partial charge in [0.1, 0.15) is 0 Å². The van der Waals surface area contributed by atoms with Crippen molar-refractivity contribution in [1.82, 2.24) is 0 Å². The summed E-state index contributed by atoms with van der Waals surface area (Å²) in [7, 11) is -4.63. The summed E-state index contributed by atoms with van der Waals surface area (Å²) >= 11 is 0. The van der Waals surface area contributed by atoms with Crippen molar-refractivity contribution in [3.63, 3.8) is 0 Å². The highest BCUT2D eigenvalue weighted by molar-refractivity contribution is 7.85. The van der Waals surface area contributed by atoms with Gasteiger partial charge in [0, 0.05) is 6.42 Å². The van der Waals surface area contributed by atoms with Crippen LogP contribution in [0.25, 0.3) is 0 Å². The lowest BCUT2D eigenvalue weighted by Crippen LogP contribution is -2.53. The molecule has 1 aromatic rings. The van der Waals surface area contributed by atoms with Crippen LogP contribution in [0.15, 0.2) is 29.2 Å². The summed E-state index contributed by atoms with van der Waals surface area (Å²) in [5, 5.41) is 0. The van der Waals surface area contributed by atoms with E-state index in [0.717, 1.165) is 0 Å². The Morgan fingerprint density at radius 1 is 0.905 bits per heavy atom. The third-order valence-electron chi connectivity index (χ3n) is 2.46. The van der Waals surface area contributed by atoms with E-state index in [0.29, 0.717) is 24.3 Å². The second-order valence-corrected chi connectivity index (χ2v) is 5.49. The highest BCUT2D eigenvalue weighted by atomic mass is 32.2. The molecule has 120 valence electrons. The first-order valence-electron chi connectivity index (χ1n) is 5.07. The van der Waals surface area contributed by atoms with Gasteiger partial charge in [-0.15, -0.1) is 0 Å². The Hall–Kier alpha value is -1.36. The van der Waals surface area contributed by atoms with Crippen molar-refractivity contribution >= 4 is 10.1 Å². The molecular formula is C10H7F7O3S. The number of benzene rings is 1. The average Bonchev–Trinajstić information content (AvgIpc) is 2.26. The van der Waals surface area contributed by atoms with Crippen LogP contribution in [0, 0.1) is 0 Å². The van der Waals surface area contributed by atoms with Gasteiger partial charge >= 0.3 is 18.0 Å². The van der Waals surface area contributed by atoms with Crippen LogP contribution in [0.3, 0.4) is 0 Å². The van der Waals surface area contributed by atoms with E-state index in [4.69, 9.17) is 4.55 Å². The van der Waals surface area contributed by atoms with Crippen molar-refractivity contribution in [3.8, 4) is 0 Å². The highest BCUT2D eigenvalue weighted by Gasteiger charge is 2.72. The van der Waals surface area contributed by atoms with Crippen molar-refractivity contribution in [2.75, 3.05) is 0 Å². The zero-order valence-electron chi connectivity index (χ0n) is 9.83. The molecule has 0 aliphatic heterocycles. The summed E-state index contributed by atoms with van der Waals surface area (Å²) < 4.78 is 117. The fraction of sp³-hybridized carbons (Fsp3) is 0.400. The normalized spacial score (nSPS) is 14.3. The van der Waals surface area contributed by atoms with Gasteiger partial charge in [0.15, 0.2) is 0 Å². The fourth-order valence-corrected chi connectivity index (χ4v) is 1.83. The van der Waals surface area contributed by atoms with Gasteiger partial charge in [0.25, 0.3) is 10.1 Å². The molecular weight excluding hydrogens is 333 g/mol. The molecule has 21 heavy (non-hydrogen) atoms. The van der Waals surface area contributed by atoms with Crippen molar-refractivity contribution in [2.24, 2.45) is 0 Å². The molecule has 1 aromatic carbocycles. The summed E-state index contributed by atoms with van der Waals surface area (Å²) in [6.07, 6.45) is -8.38. The maximum Gasteiger partial charge on any atom is 0.459 e. The predicted molar refractivity (Wildman–Crippen MR) is 55.9 cm³/mol. The summed E-state index contributed by atoms with van der Waals surface area (Å²) in [6.45, 7) is 0. The van der Waals surface area contributed by atoms with Gasteiger partial charge in [-0.3, -0.25) is 4.55 Å². The third-order valence-corrected chi connectivity index (χ3v) is 3.33. The zero-order chi connectivity index (χ0) is 16.7. The summed E-state index contributed by atoms with van der Waals surface area (Å²) in [5.74, 6) is -11.6. The van der Waals surface area contributed by atoms with Crippen LogP contribution >= 0.6 is 0 Å². The van der Waals surface area contributed by atoms with Crippen LogP contribution in [0.4, 0.5) is 30.7 Å². The Labute approximate surface area is 114 Å². The number of rotatable bonds is 4. The Bertz CT molecular complexity index is 605. The number of halogens is 7. The van der Waals surface area contributed by atoms with Crippen LogP contribution in [0.5, 0.6) is 0 Å². The molecule has 0 saturated carbocycles. The summed E-state index contributed by atoms with van der Waals surface area (Å²) in [5.41, 5.74) is -0.656. The highest BCUT2D eigenvalue weighted by Crippen LogP contribution is 2.47. The lowest BCUT2D eigenvalue weighted by molar-refractivity contribution is -0.354. The standard InChI is InChI=1S/C10H7F7O3S/c11-8(12,9(13,14)10(15,16)17)5-6-1-3-7(4-2-6)21(18,19)20/h1-4H,5H2,(H,18,19,20). The molecule has 1 N–H and O–H groups in total. The van der Waals surface area contributed by atoms with E-state index in [1.807, 2.05) is 0 Å². The molecule has 0 aliphatic carbocycles. The lowest BCUT2D eigenvalue weighted by Gasteiger charge is -2.28. The van der Waals surface area contributed by atoms with Crippen molar-refractivity contribution in [3.05, 3.63) is 29.8 Å². The van der Waals surface area contributed by atoms with E-state index in [1.165, 1.54) is 0 Å². The molecule has 0 aromatic heterocycles. The Morgan fingerprint density at radius 3 is 1.67 bits per heavy atom. The molecule has 0 unspecified atom stereocenters. The first kappa shape index (κ1) is 17.7. The summed E-state index contributed by atoms with van der Waals surface area (Å²) in [4.78, 5) is -0.711. The van der Waals surface area contributed by atoms with E-state index < -0.39 is 45.0 Å². The minimum absolute atomic E-state index is 0.601. The van der Waals surface area contributed by atoms with Crippen LogP contribution in [-0.4, -0.2) is 31.0 Å². The maximum absolute atomic E-state index is 13.1. The monoisotopic (exact) mass is 340 g/mol. The van der Waals surface area contributed by atoms with Crippen molar-refractivity contribution in [1.29, 1.82) is 0 Å². The first-order chi connectivity index (χ1) is 9.18. The summed E-state index contributed by atoms with van der Waals surface area (Å²) in [6, 6.07) is 2.41. The molecule has 0 spiro atoms. The predicted octanol–water partition coefficient (Wildman–Crippen LogP) is 3.31. The Balaban J connectivity index is 3.05. The van der Waals surface area contributed by atoms with Gasteiger partial charge in [0.2, 0.25) is 0 Å². The van der Waals surface area contributed by atoms with E-state index in [2.05, 4.69) is 0 Å². The second kappa shape index (κ2) is 5.13. The molecule has 1 rings (SSSR count). The molecule has 0 heterocycles. The van der Waals surface area contributed by atoms with Gasteiger partial charge in [0.05, 0.1) is 4.90 Å². The van der Waals surface area contributed by atoms with Gasteiger partial charge in [-0.1, -0.05) is 12.1 Å². The van der Waals surface area contributed by atoms with Crippen LogP contribution in [-0.2, 0) is 16.5 Å². The fourth-order valence-electron chi connectivity index (χ4n) is 1.35. The Morgan fingerprint density at radius 2 is 1.33 bits per heavy atom. The molecule has 0 saturated heterocycles. The molecule has 0 fully saturated rings. The second-order valence-electron chi connectivity index (χ2n) is 4.07. The van der Waals surface area contributed by atoms with Crippen LogP contribution in [0.2, 0.25) is 0 Å². The van der Waals surface area contributed by atoms with Crippen molar-refractivity contribution < 1.29 is 43.7 Å². The molecule has 0 bridgehead atoms. The topological polar surface area (TPSA) is 54.4 Å². The molecule has 11 heteroatoms. The van der Waals surface area contributed by atoms with Gasteiger partial charge in [-0.2, -0.15) is 39.2 Å². The SMILES string of the molecule is O=S(=O)(O)c1ccc(CC(F)(F)C(F)(F)C(F)(F)F)cc1. The molecule has 0 radical (unpaired) electrons. The van der Waals surface area contributed by atoms with Gasteiger partial charge in [-0.05, 0) is 17.7 Å². The zero-order valence-corrected chi connectivity index (χ0v) is 10.7. The first-order valence-corrected chi connectivity index (χ1v) is 6.51. The van der Waals surface area contributed by atoms with E-state index >= 15 is 0 Å². The quantitative estimate of drug-likeness (QED) is 0.676. The number of alkyl halides is 7. The minimum Gasteiger partial charge on any atom is -0.282 e. The molecule has 0 amide bonds. The van der Waals surface area contributed by atoms with Crippen LogP contribution in [0.1, 0.15) is 5.56 Å². The van der Waals surface area contributed by atoms with E-state index in [1.54, 1.807) is 0 Å². The van der Waals surface area contributed by atoms with Gasteiger partial charge in [-0.25, -0.2) is 0 Å². The average molecular weight is 340 g/mol. The molecule has 0 aliphatic rings.